The summed E-state index contributed by atoms with van der Waals surface area (Å²) in [4.78, 5) is 21.5. The topological polar surface area (TPSA) is 98.3 Å². The molecule has 1 amide bonds. The van der Waals surface area contributed by atoms with Crippen LogP contribution in [0, 0.1) is 10.1 Å². The van der Waals surface area contributed by atoms with E-state index >= 15 is 0 Å². The van der Waals surface area contributed by atoms with E-state index in [2.05, 4.69) is 5.32 Å². The Hall–Kier alpha value is -1.66. The first kappa shape index (κ1) is 17.3. The molecular weight excluding hydrogens is 270 g/mol. The first-order chi connectivity index (χ1) is 8.63. The van der Waals surface area contributed by atoms with Gasteiger partial charge in [-0.1, -0.05) is 12.1 Å². The molecule has 0 radical (unpaired) electrons. The Bertz CT molecular complexity index is 409. The lowest BCUT2D eigenvalue weighted by Gasteiger charge is -2.04. The molecule has 0 aromatic heterocycles. The number of nitrogens with zero attached hydrogens (tertiary/aromatic N) is 1. The summed E-state index contributed by atoms with van der Waals surface area (Å²) in [6.07, 6.45) is 1.99. The minimum atomic E-state index is -0.462. The molecule has 1 aromatic carbocycles. The summed E-state index contributed by atoms with van der Waals surface area (Å²) in [5, 5.41) is 13.2. The Morgan fingerprint density at radius 1 is 1.26 bits per heavy atom. The fourth-order valence-electron chi connectivity index (χ4n) is 1.48. The van der Waals surface area contributed by atoms with Crippen LogP contribution in [-0.2, 0) is 11.2 Å². The van der Waals surface area contributed by atoms with E-state index in [0.717, 1.165) is 18.4 Å². The van der Waals surface area contributed by atoms with Crippen molar-refractivity contribution in [1.29, 1.82) is 0 Å². The smallest absolute Gasteiger partial charge is 0.269 e. The van der Waals surface area contributed by atoms with E-state index in [9.17, 15) is 14.9 Å². The Balaban J connectivity index is 0.00000324. The molecular formula is C12H18ClN3O3. The minimum Gasteiger partial charge on any atom is -0.356 e. The highest BCUT2D eigenvalue weighted by atomic mass is 35.5. The molecule has 0 saturated carbocycles. The largest absolute Gasteiger partial charge is 0.356 e. The maximum atomic E-state index is 11.5. The van der Waals surface area contributed by atoms with Crippen molar-refractivity contribution in [3.8, 4) is 0 Å². The molecule has 0 fully saturated rings. The second kappa shape index (κ2) is 9.29. The van der Waals surface area contributed by atoms with E-state index in [1.807, 2.05) is 0 Å². The highest BCUT2D eigenvalue weighted by Gasteiger charge is 2.06. The van der Waals surface area contributed by atoms with Crippen molar-refractivity contribution in [3.63, 3.8) is 0 Å². The van der Waals surface area contributed by atoms with Crippen LogP contribution in [0.2, 0.25) is 0 Å². The quantitative estimate of drug-likeness (QED) is 0.450. The van der Waals surface area contributed by atoms with Crippen LogP contribution in [-0.4, -0.2) is 23.9 Å². The summed E-state index contributed by atoms with van der Waals surface area (Å²) in [6, 6.07) is 5.99. The predicted molar refractivity (Wildman–Crippen MR) is 75.3 cm³/mol. The van der Waals surface area contributed by atoms with Gasteiger partial charge < -0.3 is 11.1 Å². The van der Waals surface area contributed by atoms with Crippen LogP contribution in [0.5, 0.6) is 0 Å². The van der Waals surface area contributed by atoms with E-state index < -0.39 is 4.92 Å². The lowest BCUT2D eigenvalue weighted by Crippen LogP contribution is -2.26. The van der Waals surface area contributed by atoms with Gasteiger partial charge in [0.1, 0.15) is 0 Å². The third kappa shape index (κ3) is 6.73. The molecule has 0 aliphatic heterocycles. The lowest BCUT2D eigenvalue weighted by atomic mass is 10.1. The summed E-state index contributed by atoms with van der Waals surface area (Å²) in [5.74, 6) is -0.0825. The maximum Gasteiger partial charge on any atom is 0.269 e. The molecule has 0 aliphatic rings. The molecule has 3 N–H and O–H groups in total. The van der Waals surface area contributed by atoms with Crippen molar-refractivity contribution in [2.45, 2.75) is 19.3 Å². The van der Waals surface area contributed by atoms with Crippen LogP contribution in [0.1, 0.15) is 18.4 Å². The first-order valence-corrected chi connectivity index (χ1v) is 5.83. The average Bonchev–Trinajstić information content (AvgIpc) is 2.35. The second-order valence-corrected chi connectivity index (χ2v) is 3.95. The van der Waals surface area contributed by atoms with Gasteiger partial charge in [0.25, 0.3) is 5.69 Å². The van der Waals surface area contributed by atoms with Crippen LogP contribution in [0.4, 0.5) is 5.69 Å². The minimum absolute atomic E-state index is 0. The molecule has 0 atom stereocenters. The monoisotopic (exact) mass is 287 g/mol. The van der Waals surface area contributed by atoms with Gasteiger partial charge in [-0.2, -0.15) is 0 Å². The summed E-state index contributed by atoms with van der Waals surface area (Å²) >= 11 is 0. The molecule has 0 saturated heterocycles. The lowest BCUT2D eigenvalue weighted by molar-refractivity contribution is -0.384. The number of carbonyl (C=O) groups excluding carboxylic acids is 1. The normalized spacial score (nSPS) is 9.53. The van der Waals surface area contributed by atoms with Gasteiger partial charge >= 0.3 is 0 Å². The summed E-state index contributed by atoms with van der Waals surface area (Å²) in [7, 11) is 0. The molecule has 106 valence electrons. The molecule has 1 aromatic rings. The molecule has 7 heteroatoms. The standard InChI is InChI=1S/C12H17N3O3.ClH/c13-7-1-2-8-14-12(16)9-10-3-5-11(6-4-10)15(17)18;/h3-6H,1-2,7-9,13H2,(H,14,16);1H. The number of hydrogen-bond donors (Lipinski definition) is 2. The van der Waals surface area contributed by atoms with Gasteiger partial charge in [0.05, 0.1) is 11.3 Å². The van der Waals surface area contributed by atoms with Crippen molar-refractivity contribution < 1.29 is 9.72 Å². The van der Waals surface area contributed by atoms with Crippen molar-refractivity contribution >= 4 is 24.0 Å². The Kier molecular flexibility index (Phi) is 8.48. The number of rotatable bonds is 7. The van der Waals surface area contributed by atoms with Crippen molar-refractivity contribution in [2.75, 3.05) is 13.1 Å². The average molecular weight is 288 g/mol. The zero-order valence-electron chi connectivity index (χ0n) is 10.5. The van der Waals surface area contributed by atoms with E-state index in [1.54, 1.807) is 12.1 Å². The molecule has 0 unspecified atom stereocenters. The fraction of sp³-hybridized carbons (Fsp3) is 0.417. The number of hydrogen-bond acceptors (Lipinski definition) is 4. The van der Waals surface area contributed by atoms with Crippen molar-refractivity contribution in [3.05, 3.63) is 39.9 Å². The van der Waals surface area contributed by atoms with Crippen LogP contribution in [0.15, 0.2) is 24.3 Å². The van der Waals surface area contributed by atoms with Crippen LogP contribution >= 0.6 is 12.4 Å². The van der Waals surface area contributed by atoms with Crippen LogP contribution < -0.4 is 11.1 Å². The van der Waals surface area contributed by atoms with Gasteiger partial charge in [-0.15, -0.1) is 12.4 Å². The Labute approximate surface area is 117 Å². The maximum absolute atomic E-state index is 11.5. The van der Waals surface area contributed by atoms with Gasteiger partial charge in [-0.3, -0.25) is 14.9 Å². The third-order valence-corrected chi connectivity index (χ3v) is 2.46. The Morgan fingerprint density at radius 3 is 2.42 bits per heavy atom. The van der Waals surface area contributed by atoms with E-state index in [-0.39, 0.29) is 30.4 Å². The number of benzene rings is 1. The molecule has 0 heterocycles. The van der Waals surface area contributed by atoms with Gasteiger partial charge in [-0.25, -0.2) is 0 Å². The molecule has 1 rings (SSSR count). The molecule has 0 bridgehead atoms. The van der Waals surface area contributed by atoms with Crippen LogP contribution in [0.3, 0.4) is 0 Å². The number of amides is 1. The number of nitro benzene ring substituents is 1. The second-order valence-electron chi connectivity index (χ2n) is 3.95. The number of halogens is 1. The summed E-state index contributed by atoms with van der Waals surface area (Å²) < 4.78 is 0. The van der Waals surface area contributed by atoms with Gasteiger partial charge in [0.2, 0.25) is 5.91 Å². The van der Waals surface area contributed by atoms with E-state index in [0.29, 0.717) is 13.1 Å². The third-order valence-electron chi connectivity index (χ3n) is 2.46. The fourth-order valence-corrected chi connectivity index (χ4v) is 1.48. The first-order valence-electron chi connectivity index (χ1n) is 5.83. The molecule has 0 spiro atoms. The number of nitro groups is 1. The number of unbranched alkanes of at least 4 members (excludes halogenated alkanes) is 1. The van der Waals surface area contributed by atoms with Crippen molar-refractivity contribution in [1.82, 2.24) is 5.32 Å². The predicted octanol–water partition coefficient (Wildman–Crippen LogP) is 1.41. The van der Waals surface area contributed by atoms with Gasteiger partial charge in [-0.05, 0) is 24.9 Å². The van der Waals surface area contributed by atoms with Gasteiger partial charge in [0.15, 0.2) is 0 Å². The zero-order valence-corrected chi connectivity index (χ0v) is 11.3. The van der Waals surface area contributed by atoms with E-state index in [1.165, 1.54) is 12.1 Å². The van der Waals surface area contributed by atoms with E-state index in [4.69, 9.17) is 5.73 Å². The van der Waals surface area contributed by atoms with Gasteiger partial charge in [0, 0.05) is 18.7 Å². The number of nitrogens with one attached hydrogen (secondary N) is 1. The number of carbonyl (C=O) groups is 1. The molecule has 6 nitrogen and oxygen atoms in total. The molecule has 19 heavy (non-hydrogen) atoms. The van der Waals surface area contributed by atoms with Crippen molar-refractivity contribution in [2.24, 2.45) is 5.73 Å². The number of non-ortho nitro benzene ring substituents is 1. The van der Waals surface area contributed by atoms with Crippen LogP contribution in [0.25, 0.3) is 0 Å². The SMILES string of the molecule is Cl.NCCCCNC(=O)Cc1ccc([N+](=O)[O-])cc1. The summed E-state index contributed by atoms with van der Waals surface area (Å²) in [5.41, 5.74) is 6.13. The zero-order chi connectivity index (χ0) is 13.4. The highest BCUT2D eigenvalue weighted by Crippen LogP contribution is 2.12. The molecule has 0 aliphatic carbocycles. The summed E-state index contributed by atoms with van der Waals surface area (Å²) in [6.45, 7) is 1.24. The highest BCUT2D eigenvalue weighted by molar-refractivity contribution is 5.85. The Morgan fingerprint density at radius 2 is 1.89 bits per heavy atom. The number of nitrogens with two attached hydrogens (primary N) is 1.